The quantitative estimate of drug-likeness (QED) is 0.824. The highest BCUT2D eigenvalue weighted by Crippen LogP contribution is 2.27. The van der Waals surface area contributed by atoms with Gasteiger partial charge in [0, 0.05) is 19.6 Å². The van der Waals surface area contributed by atoms with E-state index >= 15 is 0 Å². The van der Waals surface area contributed by atoms with Crippen molar-refractivity contribution >= 4 is 17.3 Å². The summed E-state index contributed by atoms with van der Waals surface area (Å²) < 4.78 is 0. The van der Waals surface area contributed by atoms with E-state index in [0.29, 0.717) is 11.6 Å². The molecule has 0 aliphatic heterocycles. The Bertz CT molecular complexity index is 330. The fourth-order valence-electron chi connectivity index (χ4n) is 1.32. The van der Waals surface area contributed by atoms with Gasteiger partial charge in [0.15, 0.2) is 0 Å². The van der Waals surface area contributed by atoms with Crippen LogP contribution in [-0.4, -0.2) is 24.8 Å². The summed E-state index contributed by atoms with van der Waals surface area (Å²) in [6.45, 7) is 2.53. The van der Waals surface area contributed by atoms with Gasteiger partial charge in [-0.05, 0) is 24.6 Å². The highest BCUT2D eigenvalue weighted by Gasteiger charge is 2.11. The van der Waals surface area contributed by atoms with Gasteiger partial charge in [0.1, 0.15) is 0 Å². The van der Waals surface area contributed by atoms with Gasteiger partial charge < -0.3 is 15.7 Å². The predicted molar refractivity (Wildman–Crippen MR) is 64.3 cm³/mol. The molecule has 0 fully saturated rings. The van der Waals surface area contributed by atoms with Gasteiger partial charge in [0.2, 0.25) is 0 Å². The molecular formula is C11H17ClN2O. The highest BCUT2D eigenvalue weighted by atomic mass is 35.5. The number of aliphatic hydroxyl groups excluding tert-OH is 1. The van der Waals surface area contributed by atoms with Crippen molar-refractivity contribution in [2.75, 3.05) is 18.6 Å². The third-order valence-corrected chi connectivity index (χ3v) is 2.86. The van der Waals surface area contributed by atoms with E-state index in [2.05, 4.69) is 0 Å². The first-order chi connectivity index (χ1) is 7.10. The normalized spacial score (nSPS) is 12.6. The number of likely N-dealkylation sites (N-methyl/N-ethyl adjacent to an activating group) is 1. The molecule has 1 atom stereocenters. The lowest BCUT2D eigenvalue weighted by atomic mass is 10.2. The third kappa shape index (κ3) is 2.84. The van der Waals surface area contributed by atoms with E-state index in [1.807, 2.05) is 37.1 Å². The summed E-state index contributed by atoms with van der Waals surface area (Å²) in [5, 5.41) is 9.72. The van der Waals surface area contributed by atoms with Gasteiger partial charge in [-0.2, -0.15) is 0 Å². The van der Waals surface area contributed by atoms with E-state index in [1.54, 1.807) is 0 Å². The summed E-state index contributed by atoms with van der Waals surface area (Å²) in [5.74, 6) is 0. The van der Waals surface area contributed by atoms with Gasteiger partial charge in [-0.1, -0.05) is 17.7 Å². The second-order valence-electron chi connectivity index (χ2n) is 3.63. The molecule has 15 heavy (non-hydrogen) atoms. The van der Waals surface area contributed by atoms with Gasteiger partial charge in [0.25, 0.3) is 0 Å². The Morgan fingerprint density at radius 3 is 2.67 bits per heavy atom. The topological polar surface area (TPSA) is 49.5 Å². The minimum absolute atomic E-state index is 0.0474. The van der Waals surface area contributed by atoms with Crippen molar-refractivity contribution in [2.24, 2.45) is 5.73 Å². The molecule has 1 aromatic rings. The monoisotopic (exact) mass is 228 g/mol. The van der Waals surface area contributed by atoms with E-state index in [0.717, 1.165) is 11.3 Å². The molecule has 4 heteroatoms. The Kier molecular flexibility index (Phi) is 4.39. The Morgan fingerprint density at radius 1 is 1.53 bits per heavy atom. The number of hydrogen-bond acceptors (Lipinski definition) is 3. The van der Waals surface area contributed by atoms with Crippen molar-refractivity contribution in [3.63, 3.8) is 0 Å². The number of rotatable bonds is 4. The molecule has 1 aromatic carbocycles. The van der Waals surface area contributed by atoms with Crippen molar-refractivity contribution in [3.8, 4) is 0 Å². The zero-order chi connectivity index (χ0) is 11.4. The maximum atomic E-state index is 9.05. The number of aliphatic hydroxyl groups is 1. The predicted octanol–water partition coefficient (Wildman–Crippen LogP) is 1.62. The lowest BCUT2D eigenvalue weighted by molar-refractivity contribution is 0.270. The first-order valence-electron chi connectivity index (χ1n) is 4.92. The van der Waals surface area contributed by atoms with Crippen LogP contribution in [0.4, 0.5) is 5.69 Å². The molecule has 0 heterocycles. The molecule has 0 aliphatic carbocycles. The molecule has 0 radical (unpaired) electrons. The van der Waals surface area contributed by atoms with Crippen molar-refractivity contribution < 1.29 is 5.11 Å². The van der Waals surface area contributed by atoms with Gasteiger partial charge in [-0.3, -0.25) is 0 Å². The van der Waals surface area contributed by atoms with Crippen molar-refractivity contribution in [1.82, 2.24) is 0 Å². The standard InChI is InChI=1S/C11H17ClN2O/c1-8(7-15)14(2)11-4-3-9(6-13)5-10(11)12/h3-5,8,15H,6-7,13H2,1-2H3. The zero-order valence-electron chi connectivity index (χ0n) is 9.07. The Labute approximate surface area is 95.5 Å². The molecule has 1 unspecified atom stereocenters. The molecular weight excluding hydrogens is 212 g/mol. The van der Waals surface area contributed by atoms with E-state index < -0.39 is 0 Å². The fourth-order valence-corrected chi connectivity index (χ4v) is 1.66. The first-order valence-corrected chi connectivity index (χ1v) is 5.30. The zero-order valence-corrected chi connectivity index (χ0v) is 9.83. The minimum Gasteiger partial charge on any atom is -0.394 e. The molecule has 0 aromatic heterocycles. The SMILES string of the molecule is CC(CO)N(C)c1ccc(CN)cc1Cl. The van der Waals surface area contributed by atoms with Crippen LogP contribution in [0.3, 0.4) is 0 Å². The van der Waals surface area contributed by atoms with Gasteiger partial charge in [-0.15, -0.1) is 0 Å². The van der Waals surface area contributed by atoms with Crippen LogP contribution >= 0.6 is 11.6 Å². The Morgan fingerprint density at radius 2 is 2.20 bits per heavy atom. The summed E-state index contributed by atoms with van der Waals surface area (Å²) in [7, 11) is 1.91. The second kappa shape index (κ2) is 5.35. The van der Waals surface area contributed by atoms with Crippen molar-refractivity contribution in [3.05, 3.63) is 28.8 Å². The summed E-state index contributed by atoms with van der Waals surface area (Å²) in [6, 6.07) is 5.78. The lowest BCUT2D eigenvalue weighted by Gasteiger charge is -2.26. The summed E-state index contributed by atoms with van der Waals surface area (Å²) in [5.41, 5.74) is 7.44. The molecule has 3 nitrogen and oxygen atoms in total. The maximum Gasteiger partial charge on any atom is 0.0642 e. The van der Waals surface area contributed by atoms with E-state index in [4.69, 9.17) is 22.4 Å². The van der Waals surface area contributed by atoms with Crippen LogP contribution < -0.4 is 10.6 Å². The Balaban J connectivity index is 2.95. The molecule has 84 valence electrons. The number of nitrogens with zero attached hydrogens (tertiary/aromatic N) is 1. The summed E-state index contributed by atoms with van der Waals surface area (Å²) >= 11 is 6.13. The fraction of sp³-hybridized carbons (Fsp3) is 0.455. The van der Waals surface area contributed by atoms with Gasteiger partial charge in [0.05, 0.1) is 17.3 Å². The van der Waals surface area contributed by atoms with Crippen molar-refractivity contribution in [2.45, 2.75) is 19.5 Å². The highest BCUT2D eigenvalue weighted by molar-refractivity contribution is 6.33. The number of halogens is 1. The number of hydrogen-bond donors (Lipinski definition) is 2. The number of benzene rings is 1. The average molecular weight is 229 g/mol. The molecule has 0 saturated carbocycles. The molecule has 0 saturated heterocycles. The van der Waals surface area contributed by atoms with Crippen LogP contribution in [0.5, 0.6) is 0 Å². The van der Waals surface area contributed by atoms with Crippen molar-refractivity contribution in [1.29, 1.82) is 0 Å². The van der Waals surface area contributed by atoms with Gasteiger partial charge >= 0.3 is 0 Å². The molecule has 0 spiro atoms. The summed E-state index contributed by atoms with van der Waals surface area (Å²) in [4.78, 5) is 1.95. The average Bonchev–Trinajstić information content (AvgIpc) is 2.26. The van der Waals surface area contributed by atoms with E-state index in [1.165, 1.54) is 0 Å². The molecule has 1 rings (SSSR count). The summed E-state index contributed by atoms with van der Waals surface area (Å²) in [6.07, 6.45) is 0. The van der Waals surface area contributed by atoms with Crippen LogP contribution in [0.1, 0.15) is 12.5 Å². The van der Waals surface area contributed by atoms with Crippen LogP contribution in [-0.2, 0) is 6.54 Å². The first kappa shape index (κ1) is 12.3. The second-order valence-corrected chi connectivity index (χ2v) is 4.04. The van der Waals surface area contributed by atoms with Crippen LogP contribution in [0.2, 0.25) is 5.02 Å². The van der Waals surface area contributed by atoms with Crippen LogP contribution in [0.15, 0.2) is 18.2 Å². The largest absolute Gasteiger partial charge is 0.394 e. The number of anilines is 1. The van der Waals surface area contributed by atoms with Gasteiger partial charge in [-0.25, -0.2) is 0 Å². The molecule has 0 amide bonds. The van der Waals surface area contributed by atoms with E-state index in [9.17, 15) is 0 Å². The smallest absolute Gasteiger partial charge is 0.0642 e. The maximum absolute atomic E-state index is 9.05. The molecule has 3 N–H and O–H groups in total. The lowest BCUT2D eigenvalue weighted by Crippen LogP contribution is -2.31. The third-order valence-electron chi connectivity index (χ3n) is 2.55. The Hall–Kier alpha value is -0.770. The van der Waals surface area contributed by atoms with Crippen LogP contribution in [0, 0.1) is 0 Å². The minimum atomic E-state index is 0.0474. The van der Waals surface area contributed by atoms with E-state index in [-0.39, 0.29) is 12.6 Å². The molecule has 0 bridgehead atoms. The number of nitrogens with two attached hydrogens (primary N) is 1. The molecule has 0 aliphatic rings. The van der Waals surface area contributed by atoms with Crippen LogP contribution in [0.25, 0.3) is 0 Å².